The molecule has 1 saturated heterocycles. The Labute approximate surface area is 113 Å². The molecule has 4 heteroatoms. The number of nitrogens with one attached hydrogen (secondary N) is 1. The third kappa shape index (κ3) is 3.61. The van der Waals surface area contributed by atoms with Gasteiger partial charge in [-0.15, -0.1) is 0 Å². The minimum atomic E-state index is 0.154. The standard InChI is InChI=1S/C14H20ClNO2/c1-10(2)16-8-12-13(15)4-3-5-14(12)18-11-6-7-17-9-11/h3-5,10-11,16H,6-9H2,1-2H3. The average Bonchev–Trinajstić information content (AvgIpc) is 2.81. The van der Waals surface area contributed by atoms with Crippen LogP contribution in [0.15, 0.2) is 18.2 Å². The maximum absolute atomic E-state index is 6.25. The van der Waals surface area contributed by atoms with Gasteiger partial charge in [-0.3, -0.25) is 0 Å². The molecule has 0 radical (unpaired) electrons. The van der Waals surface area contributed by atoms with E-state index in [1.54, 1.807) is 0 Å². The molecule has 0 amide bonds. The van der Waals surface area contributed by atoms with E-state index in [-0.39, 0.29) is 6.10 Å². The van der Waals surface area contributed by atoms with Gasteiger partial charge in [0.2, 0.25) is 0 Å². The highest BCUT2D eigenvalue weighted by atomic mass is 35.5. The first-order valence-electron chi connectivity index (χ1n) is 6.42. The Balaban J connectivity index is 2.09. The van der Waals surface area contributed by atoms with Crippen molar-refractivity contribution in [2.75, 3.05) is 13.2 Å². The average molecular weight is 270 g/mol. The third-order valence-electron chi connectivity index (χ3n) is 2.94. The molecule has 0 aliphatic carbocycles. The lowest BCUT2D eigenvalue weighted by Crippen LogP contribution is -2.23. The lowest BCUT2D eigenvalue weighted by molar-refractivity contribution is 0.140. The number of hydrogen-bond donors (Lipinski definition) is 1. The van der Waals surface area contributed by atoms with E-state index in [0.29, 0.717) is 12.6 Å². The predicted octanol–water partition coefficient (Wildman–Crippen LogP) is 3.01. The van der Waals surface area contributed by atoms with E-state index in [1.807, 2.05) is 18.2 Å². The van der Waals surface area contributed by atoms with Crippen LogP contribution < -0.4 is 10.1 Å². The summed E-state index contributed by atoms with van der Waals surface area (Å²) in [5.41, 5.74) is 1.03. The lowest BCUT2D eigenvalue weighted by Gasteiger charge is -2.18. The fourth-order valence-corrected chi connectivity index (χ4v) is 2.15. The van der Waals surface area contributed by atoms with Crippen molar-refractivity contribution in [2.24, 2.45) is 0 Å². The molecule has 2 rings (SSSR count). The van der Waals surface area contributed by atoms with Crippen LogP contribution in [0, 0.1) is 0 Å². The molecule has 0 bridgehead atoms. The first-order valence-corrected chi connectivity index (χ1v) is 6.80. The maximum atomic E-state index is 6.25. The van der Waals surface area contributed by atoms with Crippen LogP contribution in [-0.4, -0.2) is 25.4 Å². The number of rotatable bonds is 5. The molecular formula is C14H20ClNO2. The Morgan fingerprint density at radius 2 is 2.33 bits per heavy atom. The summed E-state index contributed by atoms with van der Waals surface area (Å²) in [5, 5.41) is 4.12. The number of halogens is 1. The van der Waals surface area contributed by atoms with Crippen LogP contribution in [0.2, 0.25) is 5.02 Å². The molecular weight excluding hydrogens is 250 g/mol. The highest BCUT2D eigenvalue weighted by Crippen LogP contribution is 2.28. The summed E-state index contributed by atoms with van der Waals surface area (Å²) in [6, 6.07) is 6.22. The Kier molecular flexibility index (Phi) is 4.87. The van der Waals surface area contributed by atoms with Crippen LogP contribution in [-0.2, 0) is 11.3 Å². The minimum Gasteiger partial charge on any atom is -0.488 e. The molecule has 3 nitrogen and oxygen atoms in total. The van der Waals surface area contributed by atoms with E-state index in [0.717, 1.165) is 35.9 Å². The summed E-state index contributed by atoms with van der Waals surface area (Å²) < 4.78 is 11.3. The van der Waals surface area contributed by atoms with Gasteiger partial charge >= 0.3 is 0 Å². The fraction of sp³-hybridized carbons (Fsp3) is 0.571. The van der Waals surface area contributed by atoms with Crippen LogP contribution in [0.1, 0.15) is 25.8 Å². The van der Waals surface area contributed by atoms with Gasteiger partial charge in [0, 0.05) is 29.6 Å². The topological polar surface area (TPSA) is 30.5 Å². The molecule has 0 saturated carbocycles. The summed E-state index contributed by atoms with van der Waals surface area (Å²) in [6.45, 7) is 6.40. The van der Waals surface area contributed by atoms with E-state index in [4.69, 9.17) is 21.1 Å². The summed E-state index contributed by atoms with van der Waals surface area (Å²) >= 11 is 6.25. The van der Waals surface area contributed by atoms with Crippen molar-refractivity contribution >= 4 is 11.6 Å². The van der Waals surface area contributed by atoms with E-state index in [1.165, 1.54) is 0 Å². The van der Waals surface area contributed by atoms with Gasteiger partial charge in [0.05, 0.1) is 13.2 Å². The van der Waals surface area contributed by atoms with Crippen molar-refractivity contribution in [3.8, 4) is 5.75 Å². The molecule has 1 aromatic carbocycles. The number of hydrogen-bond acceptors (Lipinski definition) is 3. The lowest BCUT2D eigenvalue weighted by atomic mass is 10.2. The van der Waals surface area contributed by atoms with Crippen LogP contribution >= 0.6 is 11.6 Å². The molecule has 0 spiro atoms. The number of benzene rings is 1. The molecule has 1 unspecified atom stereocenters. The minimum absolute atomic E-state index is 0.154. The highest BCUT2D eigenvalue weighted by Gasteiger charge is 2.19. The summed E-state index contributed by atoms with van der Waals surface area (Å²) in [5.74, 6) is 0.867. The predicted molar refractivity (Wildman–Crippen MR) is 73.3 cm³/mol. The quantitative estimate of drug-likeness (QED) is 0.891. The van der Waals surface area contributed by atoms with Crippen LogP contribution in [0.5, 0.6) is 5.75 Å². The highest BCUT2D eigenvalue weighted by molar-refractivity contribution is 6.31. The van der Waals surface area contributed by atoms with E-state index >= 15 is 0 Å². The zero-order valence-electron chi connectivity index (χ0n) is 10.9. The molecule has 1 aliphatic rings. The van der Waals surface area contributed by atoms with Crippen molar-refractivity contribution in [1.29, 1.82) is 0 Å². The van der Waals surface area contributed by atoms with E-state index in [9.17, 15) is 0 Å². The Morgan fingerprint density at radius 1 is 1.50 bits per heavy atom. The largest absolute Gasteiger partial charge is 0.488 e. The zero-order chi connectivity index (χ0) is 13.0. The van der Waals surface area contributed by atoms with Gasteiger partial charge in [0.15, 0.2) is 0 Å². The van der Waals surface area contributed by atoms with Crippen molar-refractivity contribution in [3.05, 3.63) is 28.8 Å². The van der Waals surface area contributed by atoms with Gasteiger partial charge in [-0.2, -0.15) is 0 Å². The first kappa shape index (κ1) is 13.7. The van der Waals surface area contributed by atoms with Gasteiger partial charge in [-0.25, -0.2) is 0 Å². The molecule has 100 valence electrons. The van der Waals surface area contributed by atoms with Crippen molar-refractivity contribution in [2.45, 2.75) is 39.0 Å². The zero-order valence-corrected chi connectivity index (χ0v) is 11.7. The molecule has 1 N–H and O–H groups in total. The van der Waals surface area contributed by atoms with E-state index in [2.05, 4.69) is 19.2 Å². The Hall–Kier alpha value is -0.770. The Bertz CT molecular complexity index is 389. The van der Waals surface area contributed by atoms with Crippen molar-refractivity contribution < 1.29 is 9.47 Å². The normalized spacial score (nSPS) is 19.4. The van der Waals surface area contributed by atoms with Crippen LogP contribution in [0.4, 0.5) is 0 Å². The van der Waals surface area contributed by atoms with Gasteiger partial charge in [0.25, 0.3) is 0 Å². The maximum Gasteiger partial charge on any atom is 0.125 e. The second-order valence-electron chi connectivity index (χ2n) is 4.86. The molecule has 1 aliphatic heterocycles. The van der Waals surface area contributed by atoms with Gasteiger partial charge in [-0.05, 0) is 12.1 Å². The molecule has 1 atom stereocenters. The van der Waals surface area contributed by atoms with Crippen molar-refractivity contribution in [3.63, 3.8) is 0 Å². The monoisotopic (exact) mass is 269 g/mol. The van der Waals surface area contributed by atoms with Crippen molar-refractivity contribution in [1.82, 2.24) is 5.32 Å². The second kappa shape index (κ2) is 6.41. The summed E-state index contributed by atoms with van der Waals surface area (Å²) in [7, 11) is 0. The fourth-order valence-electron chi connectivity index (χ4n) is 1.91. The molecule has 0 aromatic heterocycles. The van der Waals surface area contributed by atoms with Crippen LogP contribution in [0.25, 0.3) is 0 Å². The molecule has 18 heavy (non-hydrogen) atoms. The first-order chi connectivity index (χ1) is 8.66. The smallest absolute Gasteiger partial charge is 0.125 e. The van der Waals surface area contributed by atoms with Gasteiger partial charge in [-0.1, -0.05) is 31.5 Å². The summed E-state index contributed by atoms with van der Waals surface area (Å²) in [6.07, 6.45) is 1.10. The summed E-state index contributed by atoms with van der Waals surface area (Å²) in [4.78, 5) is 0. The van der Waals surface area contributed by atoms with Gasteiger partial charge in [0.1, 0.15) is 11.9 Å². The third-order valence-corrected chi connectivity index (χ3v) is 3.30. The van der Waals surface area contributed by atoms with Crippen LogP contribution in [0.3, 0.4) is 0 Å². The van der Waals surface area contributed by atoms with E-state index < -0.39 is 0 Å². The molecule has 1 aromatic rings. The molecule has 1 fully saturated rings. The SMILES string of the molecule is CC(C)NCc1c(Cl)cccc1OC1CCOC1. The second-order valence-corrected chi connectivity index (χ2v) is 5.26. The number of ether oxygens (including phenoxy) is 2. The molecule has 1 heterocycles. The Morgan fingerprint density at radius 3 is 3.00 bits per heavy atom. The van der Waals surface area contributed by atoms with Gasteiger partial charge < -0.3 is 14.8 Å².